The second-order valence-corrected chi connectivity index (χ2v) is 6.05. The van der Waals surface area contributed by atoms with E-state index in [0.717, 1.165) is 11.4 Å². The third-order valence-corrected chi connectivity index (χ3v) is 4.27. The largest absolute Gasteiger partial charge is 0.476 e. The molecule has 0 saturated carbocycles. The third kappa shape index (κ3) is 3.36. The van der Waals surface area contributed by atoms with Crippen LogP contribution in [0.3, 0.4) is 0 Å². The van der Waals surface area contributed by atoms with Gasteiger partial charge >= 0.3 is 12.0 Å². The summed E-state index contributed by atoms with van der Waals surface area (Å²) < 4.78 is 1.62. The monoisotopic (exact) mass is 360 g/mol. The van der Waals surface area contributed by atoms with Gasteiger partial charge in [-0.1, -0.05) is 17.7 Å². The summed E-state index contributed by atoms with van der Waals surface area (Å²) in [5, 5.41) is 17.0. The van der Waals surface area contributed by atoms with Crippen molar-refractivity contribution in [3.05, 3.63) is 58.9 Å². The zero-order valence-corrected chi connectivity index (χ0v) is 14.2. The maximum absolute atomic E-state index is 12.1. The number of halogens is 1. The first kappa shape index (κ1) is 17.0. The van der Waals surface area contributed by atoms with E-state index in [2.05, 4.69) is 17.0 Å². The highest BCUT2D eigenvalue weighted by molar-refractivity contribution is 6.30. The van der Waals surface area contributed by atoms with Gasteiger partial charge in [0.25, 0.3) is 0 Å². The Balaban J connectivity index is 1.96. The summed E-state index contributed by atoms with van der Waals surface area (Å²) in [6.45, 7) is 4.60. The number of hydrogen-bond acceptors (Lipinski definition) is 3. The van der Waals surface area contributed by atoms with Gasteiger partial charge in [0.1, 0.15) is 0 Å². The van der Waals surface area contributed by atoms with E-state index in [9.17, 15) is 14.7 Å². The Morgan fingerprint density at radius 2 is 2.08 bits per heavy atom. The number of aromatic nitrogens is 2. The van der Waals surface area contributed by atoms with E-state index in [4.69, 9.17) is 11.6 Å². The molecule has 3 rings (SSSR count). The minimum atomic E-state index is -1.11. The number of carbonyl (C=O) groups excluding carboxylic acids is 1. The lowest BCUT2D eigenvalue weighted by Crippen LogP contribution is -2.43. The van der Waals surface area contributed by atoms with Crippen LogP contribution < -0.4 is 5.32 Å². The van der Waals surface area contributed by atoms with Crippen LogP contribution >= 0.6 is 11.6 Å². The van der Waals surface area contributed by atoms with Gasteiger partial charge in [0.2, 0.25) is 0 Å². The Morgan fingerprint density at radius 1 is 1.36 bits per heavy atom. The second-order valence-electron chi connectivity index (χ2n) is 5.61. The lowest BCUT2D eigenvalue weighted by Gasteiger charge is -2.27. The van der Waals surface area contributed by atoms with E-state index in [1.165, 1.54) is 0 Å². The van der Waals surface area contributed by atoms with Crippen molar-refractivity contribution in [3.8, 4) is 5.69 Å². The highest BCUT2D eigenvalue weighted by Crippen LogP contribution is 2.26. The predicted molar refractivity (Wildman–Crippen MR) is 93.2 cm³/mol. The molecule has 0 aliphatic carbocycles. The highest BCUT2D eigenvalue weighted by atomic mass is 35.5. The van der Waals surface area contributed by atoms with Crippen LogP contribution in [0.5, 0.6) is 0 Å². The Morgan fingerprint density at radius 3 is 2.72 bits per heavy atom. The van der Waals surface area contributed by atoms with Gasteiger partial charge in [-0.2, -0.15) is 5.10 Å². The molecule has 2 N–H and O–H groups in total. The van der Waals surface area contributed by atoms with Gasteiger partial charge < -0.3 is 15.3 Å². The van der Waals surface area contributed by atoms with Crippen LogP contribution in [0.1, 0.15) is 21.7 Å². The van der Waals surface area contributed by atoms with Crippen LogP contribution in [-0.2, 0) is 13.0 Å². The fourth-order valence-corrected chi connectivity index (χ4v) is 2.96. The summed E-state index contributed by atoms with van der Waals surface area (Å²) >= 11 is 5.91. The van der Waals surface area contributed by atoms with Crippen molar-refractivity contribution in [2.45, 2.75) is 13.0 Å². The van der Waals surface area contributed by atoms with E-state index in [1.54, 1.807) is 39.9 Å². The molecule has 130 valence electrons. The number of rotatable bonds is 4. The fourth-order valence-electron chi connectivity index (χ4n) is 2.83. The third-order valence-electron chi connectivity index (χ3n) is 4.02. The second kappa shape index (κ2) is 6.98. The van der Waals surface area contributed by atoms with Crippen molar-refractivity contribution in [1.82, 2.24) is 20.0 Å². The van der Waals surface area contributed by atoms with E-state index < -0.39 is 5.97 Å². The van der Waals surface area contributed by atoms with Gasteiger partial charge in [0.15, 0.2) is 5.69 Å². The molecule has 2 heterocycles. The maximum atomic E-state index is 12.1. The van der Waals surface area contributed by atoms with Crippen molar-refractivity contribution in [1.29, 1.82) is 0 Å². The van der Waals surface area contributed by atoms with Crippen molar-refractivity contribution < 1.29 is 14.7 Å². The lowest BCUT2D eigenvalue weighted by molar-refractivity contribution is 0.0687. The molecule has 1 aliphatic heterocycles. The first-order valence-electron chi connectivity index (χ1n) is 7.75. The summed E-state index contributed by atoms with van der Waals surface area (Å²) in [4.78, 5) is 25.3. The van der Waals surface area contributed by atoms with E-state index in [0.29, 0.717) is 30.1 Å². The van der Waals surface area contributed by atoms with Crippen molar-refractivity contribution in [2.24, 2.45) is 0 Å². The Labute approximate surface area is 149 Å². The number of amides is 2. The van der Waals surface area contributed by atoms with E-state index in [-0.39, 0.29) is 18.3 Å². The van der Waals surface area contributed by atoms with Crippen molar-refractivity contribution in [2.75, 3.05) is 13.1 Å². The molecule has 0 bridgehead atoms. The summed E-state index contributed by atoms with van der Waals surface area (Å²) in [6.07, 6.45) is 2.11. The fraction of sp³-hybridized carbons (Fsp3) is 0.235. The summed E-state index contributed by atoms with van der Waals surface area (Å²) in [5.74, 6) is -1.11. The Hall–Kier alpha value is -2.80. The number of benzene rings is 1. The molecular weight excluding hydrogens is 344 g/mol. The minimum absolute atomic E-state index is 0.0360. The first-order valence-corrected chi connectivity index (χ1v) is 8.12. The van der Waals surface area contributed by atoms with Gasteiger partial charge in [-0.05, 0) is 24.3 Å². The molecule has 1 aliphatic rings. The first-order chi connectivity index (χ1) is 12.0. The van der Waals surface area contributed by atoms with Gasteiger partial charge in [-0.3, -0.25) is 0 Å². The molecule has 0 unspecified atom stereocenters. The average molecular weight is 361 g/mol. The summed E-state index contributed by atoms with van der Waals surface area (Å²) in [6, 6.07) is 6.77. The van der Waals surface area contributed by atoms with Gasteiger partial charge in [0, 0.05) is 30.1 Å². The van der Waals surface area contributed by atoms with Gasteiger partial charge in [-0.15, -0.1) is 6.58 Å². The molecule has 2 aromatic rings. The zero-order valence-electron chi connectivity index (χ0n) is 13.4. The normalized spacial score (nSPS) is 13.2. The number of carboxylic acids is 1. The smallest absolute Gasteiger partial charge is 0.356 e. The number of carbonyl (C=O) groups is 2. The molecule has 0 saturated heterocycles. The van der Waals surface area contributed by atoms with Crippen LogP contribution in [-0.4, -0.2) is 44.9 Å². The SMILES string of the molecule is C=CCNC(=O)N1CCc2c(c(C(=O)O)nn2-c2ccc(Cl)cc2)C1. The van der Waals surface area contributed by atoms with Gasteiger partial charge in [0.05, 0.1) is 17.9 Å². The molecular formula is C17H17ClN4O3. The number of nitrogens with one attached hydrogen (secondary N) is 1. The summed E-state index contributed by atoms with van der Waals surface area (Å²) in [7, 11) is 0. The zero-order chi connectivity index (χ0) is 18.0. The number of nitrogens with zero attached hydrogens (tertiary/aromatic N) is 3. The number of hydrogen-bond donors (Lipinski definition) is 2. The molecule has 25 heavy (non-hydrogen) atoms. The standard InChI is InChI=1S/C17H17ClN4O3/c1-2-8-19-17(25)21-9-7-14-13(10-21)15(16(23)24)20-22(14)12-5-3-11(18)4-6-12/h2-6H,1,7-10H2,(H,19,25)(H,23,24). The molecule has 0 spiro atoms. The molecule has 0 radical (unpaired) electrons. The molecule has 0 fully saturated rings. The molecule has 7 nitrogen and oxygen atoms in total. The van der Waals surface area contributed by atoms with Gasteiger partial charge in [-0.25, -0.2) is 14.3 Å². The molecule has 8 heteroatoms. The van der Waals surface area contributed by atoms with Crippen LogP contribution in [0.25, 0.3) is 5.69 Å². The highest BCUT2D eigenvalue weighted by Gasteiger charge is 2.30. The van der Waals surface area contributed by atoms with Crippen LogP contribution in [0, 0.1) is 0 Å². The number of aromatic carboxylic acids is 1. The quantitative estimate of drug-likeness (QED) is 0.820. The van der Waals surface area contributed by atoms with Crippen LogP contribution in [0.4, 0.5) is 4.79 Å². The molecule has 0 atom stereocenters. The topological polar surface area (TPSA) is 87.5 Å². The average Bonchev–Trinajstić information content (AvgIpc) is 2.99. The molecule has 1 aromatic heterocycles. The van der Waals surface area contributed by atoms with E-state index in [1.807, 2.05) is 0 Å². The van der Waals surface area contributed by atoms with Crippen LogP contribution in [0.15, 0.2) is 36.9 Å². The molecule has 2 amide bonds. The van der Waals surface area contributed by atoms with Crippen molar-refractivity contribution >= 4 is 23.6 Å². The van der Waals surface area contributed by atoms with Crippen molar-refractivity contribution in [3.63, 3.8) is 0 Å². The number of urea groups is 1. The maximum Gasteiger partial charge on any atom is 0.356 e. The number of fused-ring (bicyclic) bond motifs is 1. The van der Waals surface area contributed by atoms with E-state index >= 15 is 0 Å². The number of carboxylic acid groups (broad SMARTS) is 1. The molecule has 1 aromatic carbocycles. The predicted octanol–water partition coefficient (Wildman–Crippen LogP) is 2.48. The Bertz CT molecular complexity index is 829. The van der Waals surface area contributed by atoms with Crippen LogP contribution in [0.2, 0.25) is 5.02 Å². The minimum Gasteiger partial charge on any atom is -0.476 e. The Kier molecular flexibility index (Phi) is 4.76. The summed E-state index contributed by atoms with van der Waals surface area (Å²) in [5.41, 5.74) is 2.05. The lowest BCUT2D eigenvalue weighted by atomic mass is 10.1.